The van der Waals surface area contributed by atoms with Gasteiger partial charge in [-0.05, 0) is 61.4 Å². The molecule has 4 aromatic rings. The zero-order valence-corrected chi connectivity index (χ0v) is 18.0. The Hall–Kier alpha value is -4.20. The molecule has 0 unspecified atom stereocenters. The zero-order valence-electron chi connectivity index (χ0n) is 18.0. The molecule has 2 heterocycles. The Kier molecular flexibility index (Phi) is 4.67. The second-order valence-corrected chi connectivity index (χ2v) is 8.59. The number of phenols is 1. The van der Waals surface area contributed by atoms with Gasteiger partial charge in [-0.15, -0.1) is 0 Å². The molecule has 1 aromatic heterocycles. The Balaban J connectivity index is 1.50. The molecule has 166 valence electrons. The van der Waals surface area contributed by atoms with Crippen molar-refractivity contribution in [1.82, 2.24) is 9.97 Å². The number of rotatable bonds is 4. The van der Waals surface area contributed by atoms with Crippen molar-refractivity contribution in [1.29, 1.82) is 0 Å². The first-order valence-electron chi connectivity index (χ1n) is 10.4. The molecule has 2 amide bonds. The van der Waals surface area contributed by atoms with Gasteiger partial charge in [-0.2, -0.15) is 0 Å². The van der Waals surface area contributed by atoms with Gasteiger partial charge in [0, 0.05) is 5.56 Å². The summed E-state index contributed by atoms with van der Waals surface area (Å²) in [7, 11) is 0. The minimum absolute atomic E-state index is 0.115. The SMILES string of the molecule is CC1(C)C(=O)N(Cc2ccc(O)c(F)c2)c2cc3[nH]c(NC(=O)c4ccccc4)nc3cc21. The molecule has 5 rings (SSSR count). The second kappa shape index (κ2) is 7.44. The van der Waals surface area contributed by atoms with Gasteiger partial charge < -0.3 is 15.0 Å². The predicted octanol–water partition coefficient (Wildman–Crippen LogP) is 4.48. The Morgan fingerprint density at radius 1 is 1.15 bits per heavy atom. The number of nitrogens with one attached hydrogen (secondary N) is 2. The quantitative estimate of drug-likeness (QED) is 0.432. The number of benzene rings is 3. The van der Waals surface area contributed by atoms with Gasteiger partial charge in [-0.3, -0.25) is 14.9 Å². The van der Waals surface area contributed by atoms with Crippen molar-refractivity contribution in [3.05, 3.63) is 83.2 Å². The standard InChI is InChI=1S/C25H21FN4O3/c1-25(2)16-11-18-19(28-24(27-18)29-22(32)15-6-4-3-5-7-15)12-20(16)30(23(25)33)13-14-8-9-21(31)17(26)10-14/h3-12,31H,13H2,1-2H3,(H2,27,28,29,32). The van der Waals surface area contributed by atoms with Crippen LogP contribution in [0.1, 0.15) is 35.3 Å². The summed E-state index contributed by atoms with van der Waals surface area (Å²) in [5.74, 6) is -1.26. The maximum atomic E-state index is 13.8. The summed E-state index contributed by atoms with van der Waals surface area (Å²) in [4.78, 5) is 34.9. The second-order valence-electron chi connectivity index (χ2n) is 8.59. The van der Waals surface area contributed by atoms with Gasteiger partial charge in [0.2, 0.25) is 11.9 Å². The molecule has 8 heteroatoms. The summed E-state index contributed by atoms with van der Waals surface area (Å²) in [6.07, 6.45) is 0. The molecule has 1 aliphatic rings. The van der Waals surface area contributed by atoms with E-state index in [9.17, 15) is 19.1 Å². The maximum Gasteiger partial charge on any atom is 0.257 e. The van der Waals surface area contributed by atoms with Crippen molar-refractivity contribution < 1.29 is 19.1 Å². The molecule has 7 nitrogen and oxygen atoms in total. The fourth-order valence-electron chi connectivity index (χ4n) is 4.15. The molecule has 0 saturated heterocycles. The Bertz CT molecular complexity index is 1410. The van der Waals surface area contributed by atoms with E-state index in [2.05, 4.69) is 15.3 Å². The molecular weight excluding hydrogens is 423 g/mol. The van der Waals surface area contributed by atoms with Crippen LogP contribution in [0.5, 0.6) is 5.75 Å². The summed E-state index contributed by atoms with van der Waals surface area (Å²) in [5.41, 5.74) is 3.04. The first-order valence-corrected chi connectivity index (χ1v) is 10.4. The van der Waals surface area contributed by atoms with E-state index in [1.807, 2.05) is 32.0 Å². The van der Waals surface area contributed by atoms with Crippen LogP contribution in [0.3, 0.4) is 0 Å². The molecule has 33 heavy (non-hydrogen) atoms. The number of imidazole rings is 1. The highest BCUT2D eigenvalue weighted by Gasteiger charge is 2.44. The lowest BCUT2D eigenvalue weighted by atomic mass is 9.86. The van der Waals surface area contributed by atoms with Crippen LogP contribution in [0.25, 0.3) is 11.0 Å². The van der Waals surface area contributed by atoms with E-state index in [1.54, 1.807) is 35.2 Å². The first-order chi connectivity index (χ1) is 15.7. The van der Waals surface area contributed by atoms with Gasteiger partial charge in [-0.1, -0.05) is 24.3 Å². The molecule has 0 fully saturated rings. The van der Waals surface area contributed by atoms with Crippen LogP contribution in [0, 0.1) is 5.82 Å². The molecule has 3 aromatic carbocycles. The molecule has 0 saturated carbocycles. The Labute approximate surface area is 188 Å². The number of hydrogen-bond acceptors (Lipinski definition) is 4. The molecule has 3 N–H and O–H groups in total. The highest BCUT2D eigenvalue weighted by atomic mass is 19.1. The van der Waals surface area contributed by atoms with Gasteiger partial charge in [0.25, 0.3) is 5.91 Å². The third-order valence-electron chi connectivity index (χ3n) is 5.96. The summed E-state index contributed by atoms with van der Waals surface area (Å²) in [5, 5.41) is 12.2. The molecule has 0 spiro atoms. The van der Waals surface area contributed by atoms with E-state index in [0.717, 1.165) is 5.56 Å². The molecule has 1 aliphatic heterocycles. The summed E-state index contributed by atoms with van der Waals surface area (Å²) in [6.45, 7) is 3.83. The number of carbonyl (C=O) groups excluding carboxylic acids is 2. The van der Waals surface area contributed by atoms with Crippen LogP contribution < -0.4 is 10.2 Å². The van der Waals surface area contributed by atoms with E-state index in [-0.39, 0.29) is 18.4 Å². The number of nitrogens with zero attached hydrogens (tertiary/aromatic N) is 2. The number of halogens is 1. The van der Waals surface area contributed by atoms with Gasteiger partial charge in [0.1, 0.15) is 0 Å². The van der Waals surface area contributed by atoms with Crippen molar-refractivity contribution in [3.63, 3.8) is 0 Å². The van der Waals surface area contributed by atoms with Crippen LogP contribution in [0.2, 0.25) is 0 Å². The average Bonchev–Trinajstić information content (AvgIpc) is 3.27. The highest BCUT2D eigenvalue weighted by Crippen LogP contribution is 2.44. The largest absolute Gasteiger partial charge is 0.505 e. The molecule has 0 bridgehead atoms. The van der Waals surface area contributed by atoms with Gasteiger partial charge in [0.05, 0.1) is 28.7 Å². The predicted molar refractivity (Wildman–Crippen MR) is 123 cm³/mol. The normalized spacial score (nSPS) is 14.5. The van der Waals surface area contributed by atoms with Crippen LogP contribution in [0.15, 0.2) is 60.7 Å². The Morgan fingerprint density at radius 2 is 1.91 bits per heavy atom. The van der Waals surface area contributed by atoms with Gasteiger partial charge in [0.15, 0.2) is 11.6 Å². The maximum absolute atomic E-state index is 13.8. The minimum atomic E-state index is -0.800. The van der Waals surface area contributed by atoms with Crippen LogP contribution in [-0.4, -0.2) is 26.9 Å². The number of anilines is 2. The number of aromatic nitrogens is 2. The first kappa shape index (κ1) is 20.7. The topological polar surface area (TPSA) is 98.3 Å². The lowest BCUT2D eigenvalue weighted by Gasteiger charge is -2.20. The smallest absolute Gasteiger partial charge is 0.257 e. The van der Waals surface area contributed by atoms with Crippen LogP contribution in [0.4, 0.5) is 16.0 Å². The Morgan fingerprint density at radius 3 is 2.64 bits per heavy atom. The summed E-state index contributed by atoms with van der Waals surface area (Å²) >= 11 is 0. The lowest BCUT2D eigenvalue weighted by molar-refractivity contribution is -0.122. The zero-order chi connectivity index (χ0) is 23.3. The minimum Gasteiger partial charge on any atom is -0.505 e. The monoisotopic (exact) mass is 444 g/mol. The van der Waals surface area contributed by atoms with Crippen LogP contribution >= 0.6 is 0 Å². The van der Waals surface area contributed by atoms with Crippen molar-refractivity contribution in [2.24, 2.45) is 0 Å². The number of carbonyl (C=O) groups is 2. The number of fused-ring (bicyclic) bond motifs is 2. The average molecular weight is 444 g/mol. The van der Waals surface area contributed by atoms with Crippen molar-refractivity contribution in [2.75, 3.05) is 10.2 Å². The third kappa shape index (κ3) is 3.49. The number of aromatic amines is 1. The van der Waals surface area contributed by atoms with Gasteiger partial charge >= 0.3 is 0 Å². The van der Waals surface area contributed by atoms with Crippen molar-refractivity contribution >= 4 is 34.5 Å². The molecule has 0 aliphatic carbocycles. The summed E-state index contributed by atoms with van der Waals surface area (Å²) < 4.78 is 13.8. The van der Waals surface area contributed by atoms with E-state index >= 15 is 0 Å². The van der Waals surface area contributed by atoms with E-state index in [4.69, 9.17) is 0 Å². The van der Waals surface area contributed by atoms with E-state index < -0.39 is 17.0 Å². The van der Waals surface area contributed by atoms with Crippen LogP contribution in [-0.2, 0) is 16.8 Å². The number of aromatic hydroxyl groups is 1. The molecular formula is C25H21FN4O3. The van der Waals surface area contributed by atoms with Crippen molar-refractivity contribution in [2.45, 2.75) is 25.8 Å². The number of phenolic OH excluding ortho intramolecular Hbond substituents is 1. The third-order valence-corrected chi connectivity index (χ3v) is 5.96. The molecule has 0 radical (unpaired) electrons. The van der Waals surface area contributed by atoms with E-state index in [0.29, 0.717) is 33.8 Å². The fraction of sp³-hybridized carbons (Fsp3) is 0.160. The summed E-state index contributed by atoms with van der Waals surface area (Å²) in [6, 6.07) is 16.6. The van der Waals surface area contributed by atoms with E-state index in [1.165, 1.54) is 12.1 Å². The highest BCUT2D eigenvalue weighted by molar-refractivity contribution is 6.10. The number of amides is 2. The molecule has 0 atom stereocenters. The number of H-pyrrole nitrogens is 1. The number of hydrogen-bond donors (Lipinski definition) is 3. The van der Waals surface area contributed by atoms with Gasteiger partial charge in [-0.25, -0.2) is 9.37 Å². The van der Waals surface area contributed by atoms with Crippen molar-refractivity contribution in [3.8, 4) is 5.75 Å². The lowest BCUT2D eigenvalue weighted by Crippen LogP contribution is -2.35. The fourth-order valence-corrected chi connectivity index (χ4v) is 4.15.